The van der Waals surface area contributed by atoms with Gasteiger partial charge < -0.3 is 4.57 Å². The van der Waals surface area contributed by atoms with E-state index in [4.69, 9.17) is 0 Å². The third-order valence-electron chi connectivity index (χ3n) is 3.75. The monoisotopic (exact) mass is 335 g/mol. The van der Waals surface area contributed by atoms with E-state index in [1.54, 1.807) is 29.0 Å². The lowest BCUT2D eigenvalue weighted by Crippen LogP contribution is -2.27. The minimum absolute atomic E-state index is 0.0774. The summed E-state index contributed by atoms with van der Waals surface area (Å²) in [4.78, 5) is 12.2. The summed E-state index contributed by atoms with van der Waals surface area (Å²) in [7, 11) is 0. The van der Waals surface area contributed by atoms with Gasteiger partial charge in [-0.25, -0.2) is 4.39 Å². The van der Waals surface area contributed by atoms with E-state index in [0.717, 1.165) is 17.7 Å². The first kappa shape index (κ1) is 13.6. The molecule has 0 fully saturated rings. The van der Waals surface area contributed by atoms with Gasteiger partial charge in [0, 0.05) is 28.3 Å². The fraction of sp³-hybridized carbons (Fsp3) is 0.312. The van der Waals surface area contributed by atoms with E-state index >= 15 is 0 Å². The molecule has 3 rings (SSSR count). The molecule has 0 atom stereocenters. The molecule has 0 saturated carbocycles. The van der Waals surface area contributed by atoms with E-state index in [-0.39, 0.29) is 17.0 Å². The number of benzene rings is 1. The van der Waals surface area contributed by atoms with Crippen LogP contribution in [0.3, 0.4) is 0 Å². The van der Waals surface area contributed by atoms with Crippen molar-refractivity contribution in [2.24, 2.45) is 5.41 Å². The number of carbonyl (C=O) groups excluding carboxylic acids is 1. The Hall–Kier alpha value is -1.42. The molecule has 0 bridgehead atoms. The highest BCUT2D eigenvalue weighted by molar-refractivity contribution is 9.10. The summed E-state index contributed by atoms with van der Waals surface area (Å²) in [6.45, 7) is 4.15. The molecule has 1 aliphatic rings. The summed E-state index contributed by atoms with van der Waals surface area (Å²) >= 11 is 3.26. The van der Waals surface area contributed by atoms with Crippen LogP contribution < -0.4 is 0 Å². The fourth-order valence-electron chi connectivity index (χ4n) is 2.85. The summed E-state index contributed by atoms with van der Waals surface area (Å²) in [6, 6.07) is 6.78. The highest BCUT2D eigenvalue weighted by atomic mass is 79.9. The minimum Gasteiger partial charge on any atom is -0.317 e. The Morgan fingerprint density at radius 1 is 1.25 bits per heavy atom. The lowest BCUT2D eigenvalue weighted by molar-refractivity contribution is 0.0911. The third kappa shape index (κ3) is 2.22. The average molecular weight is 336 g/mol. The number of hydrogen-bond donors (Lipinski definition) is 0. The highest BCUT2D eigenvalue weighted by Gasteiger charge is 2.33. The second-order valence-electron chi connectivity index (χ2n) is 6.08. The molecule has 20 heavy (non-hydrogen) atoms. The van der Waals surface area contributed by atoms with Gasteiger partial charge in [0.2, 0.25) is 0 Å². The standard InChI is InChI=1S/C16H15BrFNO/c1-16(2)8-14-11(15(20)9-16)5-6-19(14)13-4-3-10(17)7-12(13)18/h3-7H,8-9H2,1-2H3. The molecular formula is C16H15BrFNO. The second-order valence-corrected chi connectivity index (χ2v) is 7.00. The lowest BCUT2D eigenvalue weighted by Gasteiger charge is -2.29. The summed E-state index contributed by atoms with van der Waals surface area (Å²) in [5, 5.41) is 0. The SMILES string of the molecule is CC1(C)CC(=O)c2ccn(-c3ccc(Br)cc3F)c2C1. The van der Waals surface area contributed by atoms with Crippen LogP contribution in [0.15, 0.2) is 34.9 Å². The van der Waals surface area contributed by atoms with Gasteiger partial charge in [0.15, 0.2) is 5.78 Å². The molecule has 4 heteroatoms. The van der Waals surface area contributed by atoms with Crippen LogP contribution in [-0.4, -0.2) is 10.4 Å². The molecule has 1 aromatic heterocycles. The normalized spacial score (nSPS) is 17.1. The van der Waals surface area contributed by atoms with E-state index in [2.05, 4.69) is 29.8 Å². The van der Waals surface area contributed by atoms with Crippen molar-refractivity contribution in [1.29, 1.82) is 0 Å². The first-order chi connectivity index (χ1) is 9.37. The lowest BCUT2D eigenvalue weighted by atomic mass is 9.76. The molecule has 1 aliphatic carbocycles. The Labute approximate surface area is 125 Å². The summed E-state index contributed by atoms with van der Waals surface area (Å²) in [6.07, 6.45) is 3.11. The Bertz CT molecular complexity index is 702. The van der Waals surface area contributed by atoms with E-state index in [1.165, 1.54) is 6.07 Å². The van der Waals surface area contributed by atoms with Crippen molar-refractivity contribution in [3.05, 3.63) is 52.0 Å². The van der Waals surface area contributed by atoms with Crippen LogP contribution in [-0.2, 0) is 6.42 Å². The van der Waals surface area contributed by atoms with Gasteiger partial charge in [-0.15, -0.1) is 0 Å². The molecule has 0 N–H and O–H groups in total. The van der Waals surface area contributed by atoms with Crippen molar-refractivity contribution in [3.8, 4) is 5.69 Å². The smallest absolute Gasteiger partial charge is 0.165 e. The average Bonchev–Trinajstić information content (AvgIpc) is 2.71. The van der Waals surface area contributed by atoms with Crippen molar-refractivity contribution < 1.29 is 9.18 Å². The van der Waals surface area contributed by atoms with Crippen LogP contribution in [0.1, 0.15) is 36.3 Å². The van der Waals surface area contributed by atoms with E-state index in [0.29, 0.717) is 16.6 Å². The maximum absolute atomic E-state index is 14.1. The van der Waals surface area contributed by atoms with Crippen LogP contribution in [0.5, 0.6) is 0 Å². The minimum atomic E-state index is -0.298. The van der Waals surface area contributed by atoms with Crippen molar-refractivity contribution >= 4 is 21.7 Å². The largest absolute Gasteiger partial charge is 0.317 e. The Balaban J connectivity index is 2.16. The molecule has 0 spiro atoms. The molecule has 0 radical (unpaired) electrons. The first-order valence-electron chi connectivity index (χ1n) is 6.56. The van der Waals surface area contributed by atoms with Crippen molar-refractivity contribution in [3.63, 3.8) is 0 Å². The number of fused-ring (bicyclic) bond motifs is 1. The number of ketones is 1. The van der Waals surface area contributed by atoms with Crippen molar-refractivity contribution in [2.45, 2.75) is 26.7 Å². The van der Waals surface area contributed by atoms with Gasteiger partial charge in [0.05, 0.1) is 5.69 Å². The number of hydrogen-bond acceptors (Lipinski definition) is 1. The fourth-order valence-corrected chi connectivity index (χ4v) is 3.18. The first-order valence-corrected chi connectivity index (χ1v) is 7.35. The van der Waals surface area contributed by atoms with Crippen molar-refractivity contribution in [1.82, 2.24) is 4.57 Å². The molecule has 104 valence electrons. The van der Waals surface area contributed by atoms with Gasteiger partial charge >= 0.3 is 0 Å². The van der Waals surface area contributed by atoms with Gasteiger partial charge in [-0.1, -0.05) is 29.8 Å². The number of halogens is 2. The summed E-state index contributed by atoms with van der Waals surface area (Å²) < 4.78 is 16.6. The van der Waals surface area contributed by atoms with Gasteiger partial charge in [-0.3, -0.25) is 4.79 Å². The van der Waals surface area contributed by atoms with Crippen LogP contribution in [0.4, 0.5) is 4.39 Å². The van der Waals surface area contributed by atoms with Gasteiger partial charge in [-0.05, 0) is 36.1 Å². The molecule has 2 aromatic rings. The zero-order valence-corrected chi connectivity index (χ0v) is 13.0. The highest BCUT2D eigenvalue weighted by Crippen LogP contribution is 2.36. The molecule has 2 nitrogen and oxygen atoms in total. The molecule has 1 aromatic carbocycles. The molecular weight excluding hydrogens is 321 g/mol. The topological polar surface area (TPSA) is 22.0 Å². The molecule has 0 aliphatic heterocycles. The van der Waals surface area contributed by atoms with E-state index in [1.807, 2.05) is 0 Å². The van der Waals surface area contributed by atoms with Crippen LogP contribution >= 0.6 is 15.9 Å². The molecule has 0 unspecified atom stereocenters. The summed E-state index contributed by atoms with van der Waals surface area (Å²) in [5.74, 6) is -0.152. The third-order valence-corrected chi connectivity index (χ3v) is 4.24. The quantitative estimate of drug-likeness (QED) is 0.750. The predicted octanol–water partition coefficient (Wildman–Crippen LogP) is 4.53. The number of nitrogens with zero attached hydrogens (tertiary/aromatic N) is 1. The Kier molecular flexibility index (Phi) is 3.09. The molecule has 0 amide bonds. The van der Waals surface area contributed by atoms with E-state index in [9.17, 15) is 9.18 Å². The zero-order chi connectivity index (χ0) is 14.5. The molecule has 0 saturated heterocycles. The maximum Gasteiger partial charge on any atom is 0.165 e. The van der Waals surface area contributed by atoms with Crippen LogP contribution in [0.25, 0.3) is 5.69 Å². The van der Waals surface area contributed by atoms with Gasteiger partial charge in [-0.2, -0.15) is 0 Å². The van der Waals surface area contributed by atoms with E-state index < -0.39 is 0 Å². The number of aromatic nitrogens is 1. The van der Waals surface area contributed by atoms with Crippen molar-refractivity contribution in [2.75, 3.05) is 0 Å². The zero-order valence-electron chi connectivity index (χ0n) is 11.4. The summed E-state index contributed by atoms with van der Waals surface area (Å²) in [5.41, 5.74) is 2.05. The van der Waals surface area contributed by atoms with Crippen LogP contribution in [0, 0.1) is 11.2 Å². The number of rotatable bonds is 1. The second kappa shape index (κ2) is 4.55. The maximum atomic E-state index is 14.1. The van der Waals surface area contributed by atoms with Gasteiger partial charge in [0.1, 0.15) is 5.82 Å². The Morgan fingerprint density at radius 2 is 2.00 bits per heavy atom. The predicted molar refractivity (Wildman–Crippen MR) is 79.9 cm³/mol. The van der Waals surface area contributed by atoms with Crippen LogP contribution in [0.2, 0.25) is 0 Å². The van der Waals surface area contributed by atoms with Gasteiger partial charge in [0.25, 0.3) is 0 Å². The number of carbonyl (C=O) groups is 1. The Morgan fingerprint density at radius 3 is 2.70 bits per heavy atom. The molecule has 1 heterocycles. The number of Topliss-reactive ketones (excluding diaryl/α,β-unsaturated/α-hetero) is 1.